The fourth-order valence-electron chi connectivity index (χ4n) is 2.68. The molecule has 1 amide bonds. The largest absolute Gasteiger partial charge is 0.325 e. The summed E-state index contributed by atoms with van der Waals surface area (Å²) in [6.07, 6.45) is 0.0389. The van der Waals surface area contributed by atoms with Crippen LogP contribution in [-0.2, 0) is 18.3 Å². The summed E-state index contributed by atoms with van der Waals surface area (Å²) in [4.78, 5) is 35.0. The molecule has 1 aromatic heterocycles. The molecule has 0 unspecified atom stereocenters. The molecule has 0 radical (unpaired) electrons. The Kier molecular flexibility index (Phi) is 6.58. The van der Waals surface area contributed by atoms with Crippen LogP contribution in [0.1, 0.15) is 21.7 Å². The van der Waals surface area contributed by atoms with Crippen LogP contribution in [0, 0.1) is 17.0 Å². The van der Waals surface area contributed by atoms with Crippen LogP contribution >= 0.6 is 11.8 Å². The van der Waals surface area contributed by atoms with Crippen molar-refractivity contribution in [3.8, 4) is 0 Å². The molecule has 0 spiro atoms. The maximum absolute atomic E-state index is 12.4. The molecule has 0 fully saturated rings. The highest BCUT2D eigenvalue weighted by atomic mass is 32.2. The highest BCUT2D eigenvalue weighted by Gasteiger charge is 2.16. The molecule has 9 nitrogen and oxygen atoms in total. The van der Waals surface area contributed by atoms with Crippen molar-refractivity contribution in [3.05, 3.63) is 75.6 Å². The van der Waals surface area contributed by atoms with E-state index < -0.39 is 4.92 Å². The van der Waals surface area contributed by atoms with Gasteiger partial charge >= 0.3 is 0 Å². The predicted molar refractivity (Wildman–Crippen MR) is 113 cm³/mol. The number of nitrogens with one attached hydrogen (secondary N) is 1. The first kappa shape index (κ1) is 21.2. The topological polar surface area (TPSA) is 120 Å². The van der Waals surface area contributed by atoms with Crippen LogP contribution in [-0.4, -0.2) is 37.1 Å². The zero-order chi connectivity index (χ0) is 21.7. The number of rotatable bonds is 8. The number of aryl methyl sites for hydroxylation is 1. The second kappa shape index (κ2) is 9.31. The maximum atomic E-state index is 12.4. The average Bonchev–Trinajstić information content (AvgIpc) is 3.07. The van der Waals surface area contributed by atoms with Gasteiger partial charge in [0.2, 0.25) is 5.91 Å². The number of amides is 1. The number of carbonyl (C=O) groups excluding carboxylic acids is 2. The van der Waals surface area contributed by atoms with E-state index in [4.69, 9.17) is 0 Å². The molecule has 30 heavy (non-hydrogen) atoms. The number of nitrogens with zero attached hydrogens (tertiary/aromatic N) is 4. The Morgan fingerprint density at radius 2 is 1.93 bits per heavy atom. The van der Waals surface area contributed by atoms with Crippen LogP contribution in [0.25, 0.3) is 0 Å². The molecule has 10 heteroatoms. The van der Waals surface area contributed by atoms with Gasteiger partial charge in [0, 0.05) is 30.4 Å². The number of carbonyl (C=O) groups is 2. The van der Waals surface area contributed by atoms with Gasteiger partial charge in [0.1, 0.15) is 5.82 Å². The van der Waals surface area contributed by atoms with Crippen molar-refractivity contribution in [1.82, 2.24) is 14.8 Å². The van der Waals surface area contributed by atoms with Gasteiger partial charge in [-0.3, -0.25) is 19.7 Å². The highest BCUT2D eigenvalue weighted by Crippen LogP contribution is 2.20. The molecular formula is C20H19N5O4S. The molecule has 154 valence electrons. The molecule has 0 aliphatic carbocycles. The summed E-state index contributed by atoms with van der Waals surface area (Å²) in [7, 11) is 1.72. The number of ketones is 1. The summed E-state index contributed by atoms with van der Waals surface area (Å²) < 4.78 is 1.66. The second-order valence-corrected chi connectivity index (χ2v) is 7.46. The minimum absolute atomic E-state index is 0.0389. The summed E-state index contributed by atoms with van der Waals surface area (Å²) in [5, 5.41) is 22.3. The average molecular weight is 425 g/mol. The van der Waals surface area contributed by atoms with E-state index in [1.165, 1.54) is 24.3 Å². The highest BCUT2D eigenvalue weighted by molar-refractivity contribution is 7.99. The van der Waals surface area contributed by atoms with Crippen molar-refractivity contribution in [1.29, 1.82) is 0 Å². The summed E-state index contributed by atoms with van der Waals surface area (Å²) >= 11 is 1.16. The van der Waals surface area contributed by atoms with Gasteiger partial charge in [0.15, 0.2) is 10.9 Å². The Labute approximate surface area is 176 Å². The molecule has 0 aliphatic heterocycles. The number of benzene rings is 2. The lowest BCUT2D eigenvalue weighted by Gasteiger charge is -2.08. The quantitative estimate of drug-likeness (QED) is 0.255. The third-order valence-corrected chi connectivity index (χ3v) is 5.39. The number of para-hydroxylation sites is 1. The Morgan fingerprint density at radius 1 is 1.17 bits per heavy atom. The van der Waals surface area contributed by atoms with Gasteiger partial charge in [0.25, 0.3) is 5.69 Å². The molecule has 2 aromatic carbocycles. The predicted octanol–water partition coefficient (Wildman–Crippen LogP) is 3.19. The van der Waals surface area contributed by atoms with E-state index in [1.54, 1.807) is 11.6 Å². The SMILES string of the molecule is Cc1ccccc1NC(=O)Cc1nnc(SCC(=O)c2cccc([N+](=O)[O-])c2)n1C. The zero-order valence-electron chi connectivity index (χ0n) is 16.4. The number of aromatic nitrogens is 3. The summed E-state index contributed by atoms with van der Waals surface area (Å²) in [6.45, 7) is 1.91. The van der Waals surface area contributed by atoms with E-state index in [0.29, 0.717) is 11.0 Å². The Bertz CT molecular complexity index is 1110. The van der Waals surface area contributed by atoms with Crippen LogP contribution in [0.2, 0.25) is 0 Å². The molecular weight excluding hydrogens is 406 g/mol. The van der Waals surface area contributed by atoms with E-state index >= 15 is 0 Å². The first-order valence-electron chi connectivity index (χ1n) is 8.99. The van der Waals surface area contributed by atoms with Gasteiger partial charge in [0.05, 0.1) is 17.1 Å². The number of thioether (sulfide) groups is 1. The summed E-state index contributed by atoms with van der Waals surface area (Å²) in [6, 6.07) is 13.1. The number of hydrogen-bond donors (Lipinski definition) is 1. The van der Waals surface area contributed by atoms with Crippen molar-refractivity contribution in [3.63, 3.8) is 0 Å². The van der Waals surface area contributed by atoms with Gasteiger partial charge in [-0.05, 0) is 18.6 Å². The Morgan fingerprint density at radius 3 is 2.67 bits per heavy atom. The van der Waals surface area contributed by atoms with Crippen LogP contribution in [0.15, 0.2) is 53.7 Å². The molecule has 0 saturated heterocycles. The molecule has 1 N–H and O–H groups in total. The lowest BCUT2D eigenvalue weighted by molar-refractivity contribution is -0.384. The van der Waals surface area contributed by atoms with Crippen LogP contribution in [0.3, 0.4) is 0 Å². The van der Waals surface area contributed by atoms with Gasteiger partial charge in [-0.25, -0.2) is 0 Å². The van der Waals surface area contributed by atoms with Gasteiger partial charge in [-0.2, -0.15) is 0 Å². The lowest BCUT2D eigenvalue weighted by atomic mass is 10.1. The van der Waals surface area contributed by atoms with Crippen LogP contribution in [0.5, 0.6) is 0 Å². The van der Waals surface area contributed by atoms with Crippen molar-refractivity contribution >= 4 is 34.8 Å². The Hall–Kier alpha value is -3.53. The van der Waals surface area contributed by atoms with E-state index in [0.717, 1.165) is 23.0 Å². The minimum Gasteiger partial charge on any atom is -0.325 e. The monoisotopic (exact) mass is 425 g/mol. The number of non-ortho nitro benzene ring substituents is 1. The summed E-state index contributed by atoms with van der Waals surface area (Å²) in [5.41, 5.74) is 1.82. The number of anilines is 1. The molecule has 0 saturated carbocycles. The second-order valence-electron chi connectivity index (χ2n) is 6.52. The summed E-state index contributed by atoms with van der Waals surface area (Å²) in [5.74, 6) is 0.0312. The van der Waals surface area contributed by atoms with Crippen molar-refractivity contribution in [2.24, 2.45) is 7.05 Å². The molecule has 3 rings (SSSR count). The molecule has 0 aliphatic rings. The van der Waals surface area contributed by atoms with Crippen LogP contribution in [0.4, 0.5) is 11.4 Å². The van der Waals surface area contributed by atoms with Crippen molar-refractivity contribution in [2.45, 2.75) is 18.5 Å². The fraction of sp³-hybridized carbons (Fsp3) is 0.200. The maximum Gasteiger partial charge on any atom is 0.270 e. The normalized spacial score (nSPS) is 10.6. The molecule has 0 bridgehead atoms. The van der Waals surface area contributed by atoms with Crippen molar-refractivity contribution in [2.75, 3.05) is 11.1 Å². The number of Topliss-reactive ketones (excluding diaryl/α,β-unsaturated/α-hetero) is 1. The van der Waals surface area contributed by atoms with E-state index in [-0.39, 0.29) is 35.1 Å². The molecule has 0 atom stereocenters. The first-order valence-corrected chi connectivity index (χ1v) is 9.98. The van der Waals surface area contributed by atoms with E-state index in [2.05, 4.69) is 15.5 Å². The molecule has 3 aromatic rings. The van der Waals surface area contributed by atoms with E-state index in [9.17, 15) is 19.7 Å². The third-order valence-electron chi connectivity index (χ3n) is 4.37. The molecule has 1 heterocycles. The van der Waals surface area contributed by atoms with Gasteiger partial charge in [-0.15, -0.1) is 10.2 Å². The number of nitro benzene ring substituents is 1. The third kappa shape index (κ3) is 5.09. The number of nitro groups is 1. The van der Waals surface area contributed by atoms with Gasteiger partial charge in [-0.1, -0.05) is 42.1 Å². The van der Waals surface area contributed by atoms with Crippen molar-refractivity contribution < 1.29 is 14.5 Å². The first-order chi connectivity index (χ1) is 14.3. The standard InChI is InChI=1S/C20H19N5O4S/c1-13-6-3-4-9-16(13)21-19(27)11-18-22-23-20(24(18)2)30-12-17(26)14-7-5-8-15(10-14)25(28)29/h3-10H,11-12H2,1-2H3,(H,21,27). The Balaban J connectivity index is 1.60. The van der Waals surface area contributed by atoms with Gasteiger partial charge < -0.3 is 9.88 Å². The minimum atomic E-state index is -0.541. The number of hydrogen-bond acceptors (Lipinski definition) is 7. The zero-order valence-corrected chi connectivity index (χ0v) is 17.2. The van der Waals surface area contributed by atoms with E-state index in [1.807, 2.05) is 31.2 Å². The fourth-order valence-corrected chi connectivity index (χ4v) is 3.51. The van der Waals surface area contributed by atoms with Crippen LogP contribution < -0.4 is 5.32 Å². The lowest BCUT2D eigenvalue weighted by Crippen LogP contribution is -2.17. The smallest absolute Gasteiger partial charge is 0.270 e.